The van der Waals surface area contributed by atoms with Crippen molar-refractivity contribution in [3.05, 3.63) is 150 Å². The Morgan fingerprint density at radius 3 is 1.92 bits per heavy atom. The number of nitrogens with one attached hydrogen (secondary N) is 3. The summed E-state index contributed by atoms with van der Waals surface area (Å²) in [5.41, 5.74) is 5.20. The van der Waals surface area contributed by atoms with Gasteiger partial charge >= 0.3 is 6.09 Å². The number of aliphatic hydroxyl groups is 1. The van der Waals surface area contributed by atoms with Crippen molar-refractivity contribution in [2.45, 2.75) is 97.9 Å². The molecule has 0 bridgehead atoms. The Hall–Kier alpha value is -6.12. The summed E-state index contributed by atoms with van der Waals surface area (Å²) in [5.74, 6) is 4.10. The smallest absolute Gasteiger partial charge is 0.407 e. The van der Waals surface area contributed by atoms with Crippen LogP contribution in [0.3, 0.4) is 0 Å². The molecule has 4 N–H and O–H groups in total. The van der Waals surface area contributed by atoms with Crippen molar-refractivity contribution in [1.29, 1.82) is 0 Å². The zero-order valence-corrected chi connectivity index (χ0v) is 45.1. The second kappa shape index (κ2) is 25.2. The molecule has 0 aromatic heterocycles. The van der Waals surface area contributed by atoms with E-state index in [1.165, 1.54) is 17.3 Å². The van der Waals surface area contributed by atoms with Crippen LogP contribution in [0.2, 0.25) is 5.04 Å². The molecule has 0 saturated carbocycles. The average Bonchev–Trinajstić information content (AvgIpc) is 3.68. The van der Waals surface area contributed by atoms with Crippen molar-refractivity contribution in [2.75, 3.05) is 44.1 Å². The summed E-state index contributed by atoms with van der Waals surface area (Å²) in [6.07, 6.45) is 0.0448. The molecular formula is C58H71N3O10SSi. The van der Waals surface area contributed by atoms with Crippen LogP contribution in [-0.2, 0) is 44.4 Å². The number of fused-ring (bicyclic) bond motifs is 3. The van der Waals surface area contributed by atoms with Crippen LogP contribution in [0.5, 0.6) is 0 Å². The maximum Gasteiger partial charge on any atom is 0.407 e. The summed E-state index contributed by atoms with van der Waals surface area (Å²) in [4.78, 5) is 39.8. The van der Waals surface area contributed by atoms with E-state index in [4.69, 9.17) is 18.1 Å². The molecule has 0 heterocycles. The third kappa shape index (κ3) is 14.8. The molecule has 0 aliphatic heterocycles. The minimum atomic E-state index is -3.84. The number of carbonyl (C=O) groups is 3. The van der Waals surface area contributed by atoms with Crippen molar-refractivity contribution in [3.63, 3.8) is 0 Å². The number of ether oxygens (including phenoxy) is 2. The van der Waals surface area contributed by atoms with Crippen molar-refractivity contribution < 1.29 is 46.0 Å². The third-order valence-corrected chi connectivity index (χ3v) is 19.4. The van der Waals surface area contributed by atoms with E-state index in [0.717, 1.165) is 22.3 Å². The fourth-order valence-electron chi connectivity index (χ4n) is 9.04. The number of carbonyl (C=O) groups excluding carboxylic acids is 3. The van der Waals surface area contributed by atoms with Crippen molar-refractivity contribution in [1.82, 2.24) is 10.6 Å². The quantitative estimate of drug-likeness (QED) is 0.0216. The van der Waals surface area contributed by atoms with Crippen molar-refractivity contribution in [3.8, 4) is 23.0 Å². The zero-order chi connectivity index (χ0) is 52.8. The molecule has 0 unspecified atom stereocenters. The number of hydrogen-bond acceptors (Lipinski definition) is 10. The number of rotatable bonds is 23. The van der Waals surface area contributed by atoms with Crippen LogP contribution in [0.1, 0.15) is 96.4 Å². The lowest BCUT2D eigenvalue weighted by Crippen LogP contribution is -2.66. The maximum atomic E-state index is 13.4. The Balaban J connectivity index is 0.926. The van der Waals surface area contributed by atoms with Gasteiger partial charge in [-0.05, 0) is 86.5 Å². The molecule has 1 aliphatic rings. The van der Waals surface area contributed by atoms with Crippen LogP contribution in [0.4, 0.5) is 10.5 Å². The fourth-order valence-corrected chi connectivity index (χ4v) is 14.7. The number of anilines is 1. The van der Waals surface area contributed by atoms with Crippen molar-refractivity contribution in [2.24, 2.45) is 11.3 Å². The van der Waals surface area contributed by atoms with Crippen LogP contribution < -0.4 is 26.3 Å². The Labute approximate surface area is 433 Å². The van der Waals surface area contributed by atoms with E-state index in [1.54, 1.807) is 32.0 Å². The number of hydrogen-bond donors (Lipinski definition) is 4. The van der Waals surface area contributed by atoms with E-state index in [1.807, 2.05) is 86.6 Å². The highest BCUT2D eigenvalue weighted by molar-refractivity contribution is 7.86. The second-order valence-electron chi connectivity index (χ2n) is 20.6. The topological polar surface area (TPSA) is 179 Å². The molecular weight excluding hydrogens is 959 g/mol. The summed E-state index contributed by atoms with van der Waals surface area (Å²) >= 11 is 0. The molecule has 3 amide bonds. The largest absolute Gasteiger partial charge is 0.449 e. The standard InChI is InChI=1S/C58H71N3O10SSi/c1-41(2)53(61-56(65)69-39-52-50-28-17-15-26-48(50)49-27-16-18-29-51(49)52)55(64)59-42(3)54(63)60-45-31-30-44(38-62)43(37-45)21-19-33-68-34-20-36-72(66,67)70-40-58(7,8)32-35-71-73(57(4,5)6,46-22-11-9-12-23-46)47-24-13-10-14-25-47/h9-18,22-31,37,41-42,52-53,62H,20,32-36,38-40H2,1-8H3,(H,59,64)(H,60,63)(H,61,65)/t42-,53-/m0/s1. The Morgan fingerprint density at radius 1 is 0.753 bits per heavy atom. The highest BCUT2D eigenvalue weighted by Crippen LogP contribution is 2.44. The van der Waals surface area contributed by atoms with E-state index in [2.05, 4.69) is 85.0 Å². The molecule has 0 spiro atoms. The molecule has 73 heavy (non-hydrogen) atoms. The monoisotopic (exact) mass is 1030 g/mol. The minimum absolute atomic E-state index is 0.00776. The lowest BCUT2D eigenvalue weighted by atomic mass is 9.91. The number of alkyl carbamates (subject to hydrolysis) is 1. The summed E-state index contributed by atoms with van der Waals surface area (Å²) in [7, 11) is -6.58. The lowest BCUT2D eigenvalue weighted by molar-refractivity contribution is -0.128. The first-order chi connectivity index (χ1) is 34.7. The molecule has 0 saturated heterocycles. The number of aliphatic hydroxyl groups excluding tert-OH is 1. The molecule has 388 valence electrons. The van der Waals surface area contributed by atoms with E-state index in [9.17, 15) is 27.9 Å². The average molecular weight is 1030 g/mol. The molecule has 13 nitrogen and oxygen atoms in total. The van der Waals surface area contributed by atoms with E-state index >= 15 is 0 Å². The van der Waals surface area contributed by atoms with Gasteiger partial charge in [0, 0.05) is 30.4 Å². The highest BCUT2D eigenvalue weighted by atomic mass is 32.2. The molecule has 0 radical (unpaired) electrons. The third-order valence-electron chi connectivity index (χ3n) is 13.1. The normalized spacial score (nSPS) is 13.5. The summed E-state index contributed by atoms with van der Waals surface area (Å²) in [6.45, 7) is 16.1. The van der Waals surface area contributed by atoms with Crippen LogP contribution in [0.25, 0.3) is 11.1 Å². The van der Waals surface area contributed by atoms with Gasteiger partial charge in [0.1, 0.15) is 25.3 Å². The first-order valence-electron chi connectivity index (χ1n) is 24.9. The first-order valence-corrected chi connectivity index (χ1v) is 28.4. The molecule has 0 fully saturated rings. The molecule has 15 heteroatoms. The Kier molecular flexibility index (Phi) is 19.4. The van der Waals surface area contributed by atoms with Gasteiger partial charge in [-0.3, -0.25) is 13.8 Å². The van der Waals surface area contributed by atoms with E-state index < -0.39 is 53.8 Å². The summed E-state index contributed by atoms with van der Waals surface area (Å²) < 4.78 is 49.8. The predicted molar refractivity (Wildman–Crippen MR) is 289 cm³/mol. The fraction of sp³-hybridized carbons (Fsp3) is 0.397. The van der Waals surface area contributed by atoms with Gasteiger partial charge in [-0.1, -0.05) is 176 Å². The first kappa shape index (κ1) is 56.2. The van der Waals surface area contributed by atoms with Crippen molar-refractivity contribution >= 4 is 52.4 Å². The van der Waals surface area contributed by atoms with Crippen LogP contribution in [-0.4, -0.2) is 90.6 Å². The second-order valence-corrected chi connectivity index (χ2v) is 26.7. The lowest BCUT2D eigenvalue weighted by Gasteiger charge is -2.43. The Bertz CT molecular complexity index is 2760. The van der Waals surface area contributed by atoms with Gasteiger partial charge in [0.2, 0.25) is 11.8 Å². The maximum absolute atomic E-state index is 13.4. The van der Waals surface area contributed by atoms with Gasteiger partial charge in [-0.2, -0.15) is 8.42 Å². The number of amides is 3. The Morgan fingerprint density at radius 2 is 1.34 bits per heavy atom. The van der Waals surface area contributed by atoms with Gasteiger partial charge in [0.05, 0.1) is 19.0 Å². The molecule has 2 atom stereocenters. The van der Waals surface area contributed by atoms with Crippen LogP contribution in [0.15, 0.2) is 127 Å². The highest BCUT2D eigenvalue weighted by Gasteiger charge is 2.50. The van der Waals surface area contributed by atoms with Gasteiger partial charge in [-0.15, -0.1) is 0 Å². The van der Waals surface area contributed by atoms with Gasteiger partial charge in [0.15, 0.2) is 0 Å². The summed E-state index contributed by atoms with van der Waals surface area (Å²) in [6, 6.07) is 39.7. The van der Waals surface area contributed by atoms with Crippen LogP contribution in [0, 0.1) is 23.2 Å². The SMILES string of the molecule is CC(C)[C@H](NC(=O)OCC1c2ccccc2-c2ccccc21)C(=O)N[C@@H](C)C(=O)Nc1ccc(CO)c(C#CCOCCCS(=O)(=O)OCC(C)(C)CCO[Si](c2ccccc2)(c2ccccc2)C(C)(C)C)c1. The molecule has 5 aromatic carbocycles. The van der Waals surface area contributed by atoms with Gasteiger partial charge in [0.25, 0.3) is 18.4 Å². The summed E-state index contributed by atoms with van der Waals surface area (Å²) in [5, 5.41) is 20.3. The number of benzene rings is 5. The predicted octanol–water partition coefficient (Wildman–Crippen LogP) is 8.28. The molecule has 1 aliphatic carbocycles. The van der Waals surface area contributed by atoms with Gasteiger partial charge in [-0.25, -0.2) is 4.79 Å². The molecule has 5 aromatic rings. The van der Waals surface area contributed by atoms with E-state index in [-0.39, 0.29) is 62.1 Å². The van der Waals surface area contributed by atoms with Crippen LogP contribution >= 0.6 is 0 Å². The van der Waals surface area contributed by atoms with E-state index in [0.29, 0.717) is 29.8 Å². The van der Waals surface area contributed by atoms with Gasteiger partial charge < -0.3 is 35.0 Å². The minimum Gasteiger partial charge on any atom is -0.449 e. The zero-order valence-electron chi connectivity index (χ0n) is 43.3. The molecule has 6 rings (SSSR count).